The number of rotatable bonds is 2. The van der Waals surface area contributed by atoms with Crippen LogP contribution >= 0.6 is 24.8 Å². The zero-order valence-electron chi connectivity index (χ0n) is 13.0. The summed E-state index contributed by atoms with van der Waals surface area (Å²) < 4.78 is 8.06. The fourth-order valence-corrected chi connectivity index (χ4v) is 3.75. The third-order valence-corrected chi connectivity index (χ3v) is 4.97. The zero-order chi connectivity index (χ0) is 14.4. The van der Waals surface area contributed by atoms with Crippen molar-refractivity contribution in [2.45, 2.75) is 25.0 Å². The fraction of sp³-hybridized carbons (Fsp3) is 0.562. The molecule has 2 aliphatic rings. The lowest BCUT2D eigenvalue weighted by atomic mass is 9.78. The Labute approximate surface area is 148 Å². The molecule has 0 unspecified atom stereocenters. The van der Waals surface area contributed by atoms with Gasteiger partial charge >= 0.3 is 0 Å². The van der Waals surface area contributed by atoms with E-state index in [1.165, 1.54) is 0 Å². The van der Waals surface area contributed by atoms with Gasteiger partial charge in [0.2, 0.25) is 0 Å². The highest BCUT2D eigenvalue weighted by Crippen LogP contribution is 2.35. The summed E-state index contributed by atoms with van der Waals surface area (Å²) in [6, 6.07) is 5.95. The number of aliphatic hydroxyl groups excluding tert-OH is 1. The van der Waals surface area contributed by atoms with Gasteiger partial charge in [-0.25, -0.2) is 4.98 Å². The van der Waals surface area contributed by atoms with E-state index in [1.54, 1.807) is 6.33 Å². The van der Waals surface area contributed by atoms with E-state index in [0.29, 0.717) is 11.8 Å². The Morgan fingerprint density at radius 1 is 1.22 bits per heavy atom. The summed E-state index contributed by atoms with van der Waals surface area (Å²) in [4.78, 5) is 4.35. The van der Waals surface area contributed by atoms with Crippen LogP contribution in [0.4, 0.5) is 0 Å². The molecule has 1 aliphatic heterocycles. The molecule has 7 heteroatoms. The van der Waals surface area contributed by atoms with Gasteiger partial charge < -0.3 is 19.7 Å². The normalized spacial score (nSPS) is 29.5. The molecule has 1 saturated heterocycles. The largest absolute Gasteiger partial charge is 0.488 e. The van der Waals surface area contributed by atoms with Crippen molar-refractivity contribution in [3.8, 4) is 5.75 Å². The lowest BCUT2D eigenvalue weighted by Gasteiger charge is -2.35. The predicted molar refractivity (Wildman–Crippen MR) is 94.7 cm³/mol. The molecule has 2 fully saturated rings. The van der Waals surface area contributed by atoms with Gasteiger partial charge in [0.25, 0.3) is 0 Å². The van der Waals surface area contributed by atoms with Crippen LogP contribution in [0.2, 0.25) is 0 Å². The molecule has 0 spiro atoms. The van der Waals surface area contributed by atoms with Crippen LogP contribution < -0.4 is 10.1 Å². The summed E-state index contributed by atoms with van der Waals surface area (Å²) in [5.74, 6) is 2.05. The molecule has 4 rings (SSSR count). The highest BCUT2D eigenvalue weighted by molar-refractivity contribution is 5.85. The highest BCUT2D eigenvalue weighted by Gasteiger charge is 2.39. The van der Waals surface area contributed by atoms with E-state index in [-0.39, 0.29) is 37.0 Å². The van der Waals surface area contributed by atoms with Gasteiger partial charge in [-0.05, 0) is 49.9 Å². The number of benzene rings is 1. The zero-order valence-corrected chi connectivity index (χ0v) is 14.6. The van der Waals surface area contributed by atoms with Crippen LogP contribution in [0.5, 0.6) is 5.75 Å². The van der Waals surface area contributed by atoms with Crippen molar-refractivity contribution in [2.24, 2.45) is 18.9 Å². The minimum absolute atomic E-state index is 0. The lowest BCUT2D eigenvalue weighted by Crippen LogP contribution is -2.42. The monoisotopic (exact) mass is 359 g/mol. The standard InChI is InChI=1S/C16H21N3O2.2ClH/c1-19-9-18-13-6-12(2-3-14(13)19)21-16-5-11-8-17-7-10(11)4-15(16)20;;/h2-3,6,9-11,15-17,20H,4-5,7-8H2,1H3;2*1H/t10-,11+,15+,16+;;/m0../s1. The molecule has 0 amide bonds. The average Bonchev–Trinajstić information content (AvgIpc) is 3.06. The van der Waals surface area contributed by atoms with Gasteiger partial charge in [0, 0.05) is 13.1 Å². The van der Waals surface area contributed by atoms with E-state index in [2.05, 4.69) is 10.3 Å². The third kappa shape index (κ3) is 3.43. The summed E-state index contributed by atoms with van der Waals surface area (Å²) >= 11 is 0. The van der Waals surface area contributed by atoms with Gasteiger partial charge in [-0.1, -0.05) is 0 Å². The molecule has 4 atom stereocenters. The quantitative estimate of drug-likeness (QED) is 0.862. The van der Waals surface area contributed by atoms with Gasteiger partial charge in [-0.3, -0.25) is 0 Å². The van der Waals surface area contributed by atoms with Crippen LogP contribution in [0.3, 0.4) is 0 Å². The van der Waals surface area contributed by atoms with Crippen LogP contribution in [0.15, 0.2) is 24.5 Å². The number of hydrogen-bond donors (Lipinski definition) is 2. The van der Waals surface area contributed by atoms with Crippen molar-refractivity contribution < 1.29 is 9.84 Å². The summed E-state index contributed by atoms with van der Waals surface area (Å²) in [6.45, 7) is 2.09. The van der Waals surface area contributed by atoms with Crippen LogP contribution in [0, 0.1) is 11.8 Å². The Hall–Kier alpha value is -1.01. The first-order valence-corrected chi connectivity index (χ1v) is 7.67. The van der Waals surface area contributed by atoms with Gasteiger partial charge in [0.05, 0.1) is 23.5 Å². The summed E-state index contributed by atoms with van der Waals surface area (Å²) in [5.41, 5.74) is 2.02. The molecule has 0 bridgehead atoms. The van der Waals surface area contributed by atoms with Crippen molar-refractivity contribution in [3.05, 3.63) is 24.5 Å². The number of aliphatic hydroxyl groups is 1. The summed E-state index contributed by atoms with van der Waals surface area (Å²) in [7, 11) is 1.98. The molecule has 1 aromatic heterocycles. The van der Waals surface area contributed by atoms with Crippen molar-refractivity contribution in [1.82, 2.24) is 14.9 Å². The molecule has 2 heterocycles. The number of imidazole rings is 1. The van der Waals surface area contributed by atoms with E-state index < -0.39 is 0 Å². The van der Waals surface area contributed by atoms with Crippen LogP contribution in [-0.4, -0.2) is 40.0 Å². The first-order valence-electron chi connectivity index (χ1n) is 7.67. The molecule has 1 saturated carbocycles. The van der Waals surface area contributed by atoms with E-state index in [9.17, 15) is 5.11 Å². The number of hydrogen-bond acceptors (Lipinski definition) is 4. The third-order valence-electron chi connectivity index (χ3n) is 4.97. The summed E-state index contributed by atoms with van der Waals surface area (Å²) in [5, 5.41) is 13.7. The molecule has 0 radical (unpaired) electrons. The van der Waals surface area contributed by atoms with Crippen molar-refractivity contribution in [1.29, 1.82) is 0 Å². The van der Waals surface area contributed by atoms with Crippen molar-refractivity contribution >= 4 is 35.8 Å². The minimum Gasteiger partial charge on any atom is -0.488 e. The molecule has 2 aromatic rings. The van der Waals surface area contributed by atoms with E-state index >= 15 is 0 Å². The van der Waals surface area contributed by atoms with Crippen LogP contribution in [0.25, 0.3) is 11.0 Å². The Balaban J connectivity index is 0.000000960. The second-order valence-corrected chi connectivity index (χ2v) is 6.38. The molecule has 5 nitrogen and oxygen atoms in total. The van der Waals surface area contributed by atoms with Gasteiger partial charge in [0.15, 0.2) is 0 Å². The minimum atomic E-state index is -0.370. The van der Waals surface area contributed by atoms with Crippen molar-refractivity contribution in [2.75, 3.05) is 13.1 Å². The topological polar surface area (TPSA) is 59.3 Å². The molecule has 1 aromatic carbocycles. The predicted octanol–water partition coefficient (Wildman–Crippen LogP) is 2.15. The number of aryl methyl sites for hydroxylation is 1. The van der Waals surface area contributed by atoms with E-state index in [4.69, 9.17) is 4.74 Å². The number of nitrogens with zero attached hydrogens (tertiary/aromatic N) is 2. The highest BCUT2D eigenvalue weighted by atomic mass is 35.5. The Kier molecular flexibility index (Phi) is 5.79. The number of ether oxygens (including phenoxy) is 1. The second-order valence-electron chi connectivity index (χ2n) is 6.38. The maximum atomic E-state index is 10.3. The SMILES string of the molecule is Cl.Cl.Cn1cnc2cc(O[C@@H]3C[C@@H]4CNC[C@@H]4C[C@H]3O)ccc21. The van der Waals surface area contributed by atoms with Gasteiger partial charge in [-0.15, -0.1) is 24.8 Å². The molecule has 128 valence electrons. The first-order chi connectivity index (χ1) is 10.2. The van der Waals surface area contributed by atoms with Gasteiger partial charge in [0.1, 0.15) is 11.9 Å². The van der Waals surface area contributed by atoms with Gasteiger partial charge in [-0.2, -0.15) is 0 Å². The second kappa shape index (κ2) is 7.26. The average molecular weight is 360 g/mol. The molecular weight excluding hydrogens is 337 g/mol. The van der Waals surface area contributed by atoms with E-state index in [0.717, 1.165) is 42.7 Å². The molecule has 2 N–H and O–H groups in total. The fourth-order valence-electron chi connectivity index (χ4n) is 3.75. The molecular formula is C16H23Cl2N3O2. The Morgan fingerprint density at radius 3 is 2.74 bits per heavy atom. The maximum Gasteiger partial charge on any atom is 0.125 e. The van der Waals surface area contributed by atoms with E-state index in [1.807, 2.05) is 29.8 Å². The molecule has 23 heavy (non-hydrogen) atoms. The van der Waals surface area contributed by atoms with Crippen LogP contribution in [-0.2, 0) is 7.05 Å². The maximum absolute atomic E-state index is 10.3. The van der Waals surface area contributed by atoms with Crippen LogP contribution in [0.1, 0.15) is 12.8 Å². The number of fused-ring (bicyclic) bond motifs is 2. The Morgan fingerprint density at radius 2 is 1.96 bits per heavy atom. The first kappa shape index (κ1) is 18.3. The summed E-state index contributed by atoms with van der Waals surface area (Å²) in [6.07, 6.45) is 3.10. The Bertz CT molecular complexity index is 664. The molecule has 1 aliphatic carbocycles. The number of aromatic nitrogens is 2. The number of nitrogens with one attached hydrogen (secondary N) is 1. The number of halogens is 2. The smallest absolute Gasteiger partial charge is 0.125 e. The van der Waals surface area contributed by atoms with Crippen molar-refractivity contribution in [3.63, 3.8) is 0 Å². The lowest BCUT2D eigenvalue weighted by molar-refractivity contribution is -0.0230.